The Kier molecular flexibility index (Phi) is 2.50. The summed E-state index contributed by atoms with van der Waals surface area (Å²) < 4.78 is 0. The van der Waals surface area contributed by atoms with Crippen LogP contribution >= 0.6 is 11.6 Å². The van der Waals surface area contributed by atoms with E-state index in [1.807, 2.05) is 0 Å². The summed E-state index contributed by atoms with van der Waals surface area (Å²) in [5.41, 5.74) is 4.48. The molecule has 66 valence electrons. The SMILES string of the molecule is C[C@@H](Cl)C[C@@H]1[C@H](C[NH3+])C1(C)C. The van der Waals surface area contributed by atoms with Crippen LogP contribution in [0.1, 0.15) is 27.2 Å². The molecule has 0 aromatic rings. The van der Waals surface area contributed by atoms with Crippen molar-refractivity contribution >= 4 is 11.6 Å². The molecule has 1 nitrogen and oxygen atoms in total. The largest absolute Gasteiger partial charge is 0.357 e. The fourth-order valence-corrected chi connectivity index (χ4v) is 2.44. The predicted molar refractivity (Wildman–Crippen MR) is 48.4 cm³/mol. The van der Waals surface area contributed by atoms with Gasteiger partial charge in [-0.25, -0.2) is 0 Å². The normalized spacial score (nSPS) is 36.8. The summed E-state index contributed by atoms with van der Waals surface area (Å²) in [6.07, 6.45) is 1.16. The Morgan fingerprint density at radius 2 is 2.00 bits per heavy atom. The van der Waals surface area contributed by atoms with E-state index in [0.717, 1.165) is 24.8 Å². The number of quaternary nitrogens is 1. The van der Waals surface area contributed by atoms with Crippen LogP contribution in [0.2, 0.25) is 0 Å². The third-order valence-electron chi connectivity index (χ3n) is 3.18. The first-order valence-electron chi connectivity index (χ1n) is 4.43. The molecule has 3 atom stereocenters. The van der Waals surface area contributed by atoms with E-state index in [-0.39, 0.29) is 0 Å². The number of rotatable bonds is 3. The lowest BCUT2D eigenvalue weighted by molar-refractivity contribution is -0.374. The minimum atomic E-state index is 0.329. The first-order chi connectivity index (χ1) is 5.00. The van der Waals surface area contributed by atoms with Crippen molar-refractivity contribution in [2.75, 3.05) is 6.54 Å². The summed E-state index contributed by atoms with van der Waals surface area (Å²) in [6, 6.07) is 0. The van der Waals surface area contributed by atoms with Gasteiger partial charge in [-0.3, -0.25) is 0 Å². The van der Waals surface area contributed by atoms with Crippen molar-refractivity contribution in [3.63, 3.8) is 0 Å². The minimum Gasteiger partial charge on any atom is -0.357 e. The highest BCUT2D eigenvalue weighted by atomic mass is 35.5. The molecule has 1 aliphatic carbocycles. The molecule has 1 saturated carbocycles. The monoisotopic (exact) mass is 176 g/mol. The van der Waals surface area contributed by atoms with Crippen LogP contribution in [0.25, 0.3) is 0 Å². The van der Waals surface area contributed by atoms with Crippen molar-refractivity contribution < 1.29 is 5.73 Å². The molecular weight excluding hydrogens is 158 g/mol. The molecule has 0 aromatic heterocycles. The quantitative estimate of drug-likeness (QED) is 0.632. The van der Waals surface area contributed by atoms with Gasteiger partial charge in [0.25, 0.3) is 0 Å². The molecule has 0 unspecified atom stereocenters. The molecule has 3 N–H and O–H groups in total. The summed E-state index contributed by atoms with van der Waals surface area (Å²) in [4.78, 5) is 0. The van der Waals surface area contributed by atoms with Crippen LogP contribution in [-0.4, -0.2) is 11.9 Å². The van der Waals surface area contributed by atoms with Crippen molar-refractivity contribution in [2.24, 2.45) is 17.3 Å². The van der Waals surface area contributed by atoms with Gasteiger partial charge in [0.05, 0.1) is 6.54 Å². The third kappa shape index (κ3) is 1.70. The summed E-state index contributed by atoms with van der Waals surface area (Å²) in [5, 5.41) is 0.329. The molecule has 11 heavy (non-hydrogen) atoms. The van der Waals surface area contributed by atoms with E-state index in [1.54, 1.807) is 0 Å². The van der Waals surface area contributed by atoms with E-state index in [1.165, 1.54) is 0 Å². The first kappa shape index (κ1) is 9.34. The summed E-state index contributed by atoms with van der Waals surface area (Å²) >= 11 is 5.94. The van der Waals surface area contributed by atoms with Gasteiger partial charge in [0, 0.05) is 11.3 Å². The Labute approximate surface area is 74.3 Å². The Balaban J connectivity index is 2.39. The zero-order valence-electron chi connectivity index (χ0n) is 7.73. The molecule has 0 radical (unpaired) electrons. The molecule has 1 fully saturated rings. The first-order valence-corrected chi connectivity index (χ1v) is 4.87. The van der Waals surface area contributed by atoms with E-state index in [4.69, 9.17) is 11.6 Å². The van der Waals surface area contributed by atoms with Crippen molar-refractivity contribution in [3.05, 3.63) is 0 Å². The Morgan fingerprint density at radius 1 is 1.45 bits per heavy atom. The van der Waals surface area contributed by atoms with Gasteiger partial charge in [-0.2, -0.15) is 0 Å². The second-order valence-corrected chi connectivity index (χ2v) is 5.08. The van der Waals surface area contributed by atoms with Crippen LogP contribution < -0.4 is 5.73 Å². The van der Waals surface area contributed by atoms with Crippen molar-refractivity contribution in [1.82, 2.24) is 0 Å². The highest BCUT2D eigenvalue weighted by molar-refractivity contribution is 6.20. The van der Waals surface area contributed by atoms with E-state index in [9.17, 15) is 0 Å². The van der Waals surface area contributed by atoms with Gasteiger partial charge in [-0.15, -0.1) is 11.6 Å². The van der Waals surface area contributed by atoms with Gasteiger partial charge in [-0.1, -0.05) is 13.8 Å². The Hall–Kier alpha value is 0.250. The number of hydrogen-bond donors (Lipinski definition) is 1. The Morgan fingerprint density at radius 3 is 2.27 bits per heavy atom. The highest BCUT2D eigenvalue weighted by Crippen LogP contribution is 2.59. The van der Waals surface area contributed by atoms with E-state index >= 15 is 0 Å². The van der Waals surface area contributed by atoms with Gasteiger partial charge in [0.1, 0.15) is 0 Å². The van der Waals surface area contributed by atoms with Gasteiger partial charge < -0.3 is 5.73 Å². The van der Waals surface area contributed by atoms with Crippen molar-refractivity contribution in [1.29, 1.82) is 0 Å². The number of halogens is 1. The van der Waals surface area contributed by atoms with Gasteiger partial charge in [0.15, 0.2) is 0 Å². The summed E-state index contributed by atoms with van der Waals surface area (Å²) in [6.45, 7) is 7.80. The van der Waals surface area contributed by atoms with E-state index in [2.05, 4.69) is 26.5 Å². The molecule has 1 rings (SSSR count). The predicted octanol–water partition coefficient (Wildman–Crippen LogP) is 1.52. The minimum absolute atomic E-state index is 0.329. The fraction of sp³-hybridized carbons (Fsp3) is 1.00. The van der Waals surface area contributed by atoms with Crippen molar-refractivity contribution in [3.8, 4) is 0 Å². The second kappa shape index (κ2) is 2.95. The van der Waals surface area contributed by atoms with Crippen LogP contribution in [-0.2, 0) is 0 Å². The summed E-state index contributed by atoms with van der Waals surface area (Å²) in [5.74, 6) is 1.65. The molecule has 0 spiro atoms. The average Bonchev–Trinajstić information content (AvgIpc) is 2.33. The number of alkyl halides is 1. The molecule has 0 aromatic carbocycles. The molecular formula is C9H19ClN+. The third-order valence-corrected chi connectivity index (χ3v) is 3.36. The zero-order valence-corrected chi connectivity index (χ0v) is 8.49. The van der Waals surface area contributed by atoms with Crippen molar-refractivity contribution in [2.45, 2.75) is 32.6 Å². The maximum Gasteiger partial charge on any atom is 0.0776 e. The van der Waals surface area contributed by atoms with Crippen LogP contribution in [0.4, 0.5) is 0 Å². The van der Waals surface area contributed by atoms with Crippen LogP contribution in [0.3, 0.4) is 0 Å². The molecule has 0 bridgehead atoms. The standard InChI is InChI=1S/C9H18ClN/c1-6(10)4-7-8(5-11)9(7,2)3/h6-8H,4-5,11H2,1-3H3/p+1/t6-,7-,8+/m1/s1. The lowest BCUT2D eigenvalue weighted by Crippen LogP contribution is -2.52. The highest BCUT2D eigenvalue weighted by Gasteiger charge is 2.57. The van der Waals surface area contributed by atoms with Crippen LogP contribution in [0, 0.1) is 17.3 Å². The lowest BCUT2D eigenvalue weighted by atomic mass is 10.1. The average molecular weight is 177 g/mol. The smallest absolute Gasteiger partial charge is 0.0776 e. The maximum absolute atomic E-state index is 5.94. The molecule has 1 aliphatic rings. The van der Waals surface area contributed by atoms with Gasteiger partial charge >= 0.3 is 0 Å². The van der Waals surface area contributed by atoms with Crippen LogP contribution in [0.5, 0.6) is 0 Å². The lowest BCUT2D eigenvalue weighted by Gasteiger charge is -2.02. The molecule has 0 aliphatic heterocycles. The molecule has 2 heteroatoms. The number of hydrogen-bond acceptors (Lipinski definition) is 0. The maximum atomic E-state index is 5.94. The fourth-order valence-electron chi connectivity index (χ4n) is 2.25. The molecule has 0 heterocycles. The van der Waals surface area contributed by atoms with E-state index < -0.39 is 0 Å². The van der Waals surface area contributed by atoms with Gasteiger partial charge in [-0.05, 0) is 24.7 Å². The van der Waals surface area contributed by atoms with Crippen LogP contribution in [0.15, 0.2) is 0 Å². The molecule has 0 amide bonds. The zero-order chi connectivity index (χ0) is 8.65. The Bertz CT molecular complexity index is 142. The van der Waals surface area contributed by atoms with E-state index in [0.29, 0.717) is 10.8 Å². The molecule has 0 saturated heterocycles. The summed E-state index contributed by atoms with van der Waals surface area (Å²) in [7, 11) is 0. The second-order valence-electron chi connectivity index (χ2n) is 4.34. The van der Waals surface area contributed by atoms with Gasteiger partial charge in [0.2, 0.25) is 0 Å². The topological polar surface area (TPSA) is 27.6 Å².